The SMILES string of the molecule is C#C.CC(C)Oc1cc(/C=C/C(=C2CC2)N2CCN(Cc3ccc(F)cc3)CC2)ccc1Cl.CC/C=C(\C)NC. The fourth-order valence-corrected chi connectivity index (χ4v) is 4.47. The van der Waals surface area contributed by atoms with Gasteiger partial charge in [0.15, 0.2) is 0 Å². The molecule has 0 bridgehead atoms. The molecular weight excluding hydrogens is 521 g/mol. The van der Waals surface area contributed by atoms with Crippen molar-refractivity contribution < 1.29 is 9.13 Å². The molecule has 0 radical (unpaired) electrons. The lowest BCUT2D eigenvalue weighted by Crippen LogP contribution is -2.45. The lowest BCUT2D eigenvalue weighted by Gasteiger charge is -2.36. The van der Waals surface area contributed by atoms with Gasteiger partial charge in [-0.2, -0.15) is 0 Å². The summed E-state index contributed by atoms with van der Waals surface area (Å²) < 4.78 is 19.0. The van der Waals surface area contributed by atoms with Crippen molar-refractivity contribution in [1.29, 1.82) is 0 Å². The third-order valence-corrected chi connectivity index (χ3v) is 6.86. The van der Waals surface area contributed by atoms with Gasteiger partial charge in [-0.15, -0.1) is 12.8 Å². The molecule has 0 spiro atoms. The van der Waals surface area contributed by atoms with Crippen LogP contribution in [0.5, 0.6) is 5.75 Å². The van der Waals surface area contributed by atoms with Crippen LogP contribution < -0.4 is 10.1 Å². The van der Waals surface area contributed by atoms with Crippen LogP contribution in [0.25, 0.3) is 6.08 Å². The number of rotatable bonds is 9. The number of hydrogen-bond donors (Lipinski definition) is 1. The molecule has 216 valence electrons. The zero-order valence-corrected chi connectivity index (χ0v) is 25.5. The zero-order chi connectivity index (χ0) is 29.5. The summed E-state index contributed by atoms with van der Waals surface area (Å²) in [5, 5.41) is 3.67. The van der Waals surface area contributed by atoms with Crippen LogP contribution in [0.2, 0.25) is 5.02 Å². The highest BCUT2D eigenvalue weighted by Gasteiger charge is 2.24. The van der Waals surface area contributed by atoms with Gasteiger partial charge in [0, 0.05) is 51.2 Å². The van der Waals surface area contributed by atoms with Gasteiger partial charge in [-0.05, 0) is 87.1 Å². The molecule has 0 aromatic heterocycles. The summed E-state index contributed by atoms with van der Waals surface area (Å²) >= 11 is 6.27. The quantitative estimate of drug-likeness (QED) is 0.313. The van der Waals surface area contributed by atoms with Gasteiger partial charge in [-0.3, -0.25) is 4.90 Å². The van der Waals surface area contributed by atoms with Crippen LogP contribution in [0.3, 0.4) is 0 Å². The topological polar surface area (TPSA) is 27.7 Å². The first-order valence-corrected chi connectivity index (χ1v) is 14.4. The number of terminal acetylenes is 1. The van der Waals surface area contributed by atoms with E-state index in [2.05, 4.69) is 60.0 Å². The zero-order valence-electron chi connectivity index (χ0n) is 24.7. The predicted octanol–water partition coefficient (Wildman–Crippen LogP) is 7.91. The number of nitrogens with one attached hydrogen (secondary N) is 1. The lowest BCUT2D eigenvalue weighted by atomic mass is 10.1. The number of halogens is 2. The van der Waals surface area contributed by atoms with Crippen molar-refractivity contribution in [2.24, 2.45) is 0 Å². The maximum Gasteiger partial charge on any atom is 0.138 e. The average Bonchev–Trinajstić information content (AvgIpc) is 3.79. The van der Waals surface area contributed by atoms with Crippen molar-refractivity contribution in [3.05, 3.63) is 93.6 Å². The van der Waals surface area contributed by atoms with Crippen molar-refractivity contribution in [2.75, 3.05) is 33.2 Å². The van der Waals surface area contributed by atoms with Crippen LogP contribution in [0, 0.1) is 18.7 Å². The van der Waals surface area contributed by atoms with Crippen LogP contribution >= 0.6 is 11.6 Å². The first kappa shape index (κ1) is 33.0. The van der Waals surface area contributed by atoms with Crippen LogP contribution in [-0.4, -0.2) is 49.1 Å². The monoisotopic (exact) mass is 565 g/mol. The largest absolute Gasteiger partial charge is 0.489 e. The van der Waals surface area contributed by atoms with Gasteiger partial charge in [-0.1, -0.05) is 48.9 Å². The first-order valence-electron chi connectivity index (χ1n) is 14.0. The van der Waals surface area contributed by atoms with Crippen molar-refractivity contribution in [1.82, 2.24) is 15.1 Å². The summed E-state index contributed by atoms with van der Waals surface area (Å²) in [4.78, 5) is 4.94. The van der Waals surface area contributed by atoms with Crippen molar-refractivity contribution >= 4 is 17.7 Å². The Morgan fingerprint density at radius 2 is 1.73 bits per heavy atom. The minimum Gasteiger partial charge on any atom is -0.489 e. The Morgan fingerprint density at radius 3 is 2.25 bits per heavy atom. The minimum absolute atomic E-state index is 0.0899. The second-order valence-corrected chi connectivity index (χ2v) is 10.5. The highest BCUT2D eigenvalue weighted by molar-refractivity contribution is 6.32. The Balaban J connectivity index is 0.000000545. The molecule has 4 nitrogen and oxygen atoms in total. The standard InChI is InChI=1S/C26H30ClFN2O.C6H13N.C2H2/c1-19(2)31-26-17-20(5-11-24(26)27)6-12-25(22-7-8-22)30-15-13-29(14-16-30)18-21-3-9-23(28)10-4-21;1-4-5-6(2)7-3;1-2/h3-6,9-12,17,19H,7-8,13-16,18H2,1-2H3;5,7H,4H2,1-3H3;1-2H/b12-6+;6-5+;. The Kier molecular flexibility index (Phi) is 14.4. The summed E-state index contributed by atoms with van der Waals surface area (Å²) in [5.41, 5.74) is 6.41. The minimum atomic E-state index is -0.176. The van der Waals surface area contributed by atoms with Crippen molar-refractivity contribution in [3.8, 4) is 18.6 Å². The van der Waals surface area contributed by atoms with Gasteiger partial charge in [0.05, 0.1) is 11.1 Å². The van der Waals surface area contributed by atoms with Gasteiger partial charge in [0.25, 0.3) is 0 Å². The molecule has 1 heterocycles. The van der Waals surface area contributed by atoms with E-state index < -0.39 is 0 Å². The summed E-state index contributed by atoms with van der Waals surface area (Å²) in [5.74, 6) is 0.554. The normalized spacial score (nSPS) is 15.2. The molecular formula is C34H45ClFN3O. The van der Waals surface area contributed by atoms with Crippen LogP contribution in [-0.2, 0) is 6.54 Å². The van der Waals surface area contributed by atoms with Gasteiger partial charge in [0.1, 0.15) is 11.6 Å². The van der Waals surface area contributed by atoms with Gasteiger partial charge < -0.3 is 15.0 Å². The third-order valence-electron chi connectivity index (χ3n) is 6.55. The van der Waals surface area contributed by atoms with Crippen LogP contribution in [0.1, 0.15) is 58.1 Å². The van der Waals surface area contributed by atoms with Crippen LogP contribution in [0.15, 0.2) is 71.6 Å². The van der Waals surface area contributed by atoms with Crippen molar-refractivity contribution in [2.45, 2.75) is 59.6 Å². The first-order chi connectivity index (χ1) is 19.3. The van der Waals surface area contributed by atoms with E-state index in [9.17, 15) is 4.39 Å². The number of nitrogens with zero attached hydrogens (tertiary/aromatic N) is 2. The summed E-state index contributed by atoms with van der Waals surface area (Å²) in [7, 11) is 1.93. The maximum atomic E-state index is 13.1. The summed E-state index contributed by atoms with van der Waals surface area (Å²) in [6.45, 7) is 13.1. The van der Waals surface area contributed by atoms with Gasteiger partial charge in [0.2, 0.25) is 0 Å². The summed E-state index contributed by atoms with van der Waals surface area (Å²) in [6, 6.07) is 12.8. The molecule has 0 unspecified atom stereocenters. The molecule has 1 saturated heterocycles. The number of allylic oxidation sites excluding steroid dienone is 4. The fourth-order valence-electron chi connectivity index (χ4n) is 4.31. The van der Waals surface area contributed by atoms with Crippen molar-refractivity contribution in [3.63, 3.8) is 0 Å². The second-order valence-electron chi connectivity index (χ2n) is 10.1. The number of piperazine rings is 1. The number of hydrogen-bond acceptors (Lipinski definition) is 4. The molecule has 1 aliphatic heterocycles. The maximum absolute atomic E-state index is 13.1. The third kappa shape index (κ3) is 11.5. The van der Waals surface area contributed by atoms with E-state index in [-0.39, 0.29) is 11.9 Å². The molecule has 1 saturated carbocycles. The fraction of sp³-hybridized carbons (Fsp3) is 0.412. The molecule has 40 heavy (non-hydrogen) atoms. The van der Waals surface area contributed by atoms with E-state index in [4.69, 9.17) is 16.3 Å². The Morgan fingerprint density at radius 1 is 1.07 bits per heavy atom. The predicted molar refractivity (Wildman–Crippen MR) is 169 cm³/mol. The molecule has 2 fully saturated rings. The lowest BCUT2D eigenvalue weighted by molar-refractivity contribution is 0.155. The Hall–Kier alpha value is -3.20. The number of benzene rings is 2. The molecule has 4 rings (SSSR count). The van der Waals surface area contributed by atoms with E-state index in [0.717, 1.165) is 56.0 Å². The second kappa shape index (κ2) is 17.5. The molecule has 0 atom stereocenters. The average molecular weight is 566 g/mol. The molecule has 2 aromatic rings. The van der Waals surface area contributed by atoms with E-state index >= 15 is 0 Å². The van der Waals surface area contributed by atoms with E-state index in [1.54, 1.807) is 12.1 Å². The van der Waals surface area contributed by atoms with Gasteiger partial charge in [-0.25, -0.2) is 4.39 Å². The highest BCUT2D eigenvalue weighted by Crippen LogP contribution is 2.35. The molecule has 2 aliphatic rings. The molecule has 6 heteroatoms. The Labute approximate surface area is 246 Å². The smallest absolute Gasteiger partial charge is 0.138 e. The molecule has 2 aromatic carbocycles. The van der Waals surface area contributed by atoms with E-state index in [0.29, 0.717) is 5.02 Å². The van der Waals surface area contributed by atoms with E-state index in [1.165, 1.54) is 29.8 Å². The van der Waals surface area contributed by atoms with Crippen LogP contribution in [0.4, 0.5) is 4.39 Å². The van der Waals surface area contributed by atoms with Gasteiger partial charge >= 0.3 is 0 Å². The molecule has 0 amide bonds. The number of ether oxygens (including phenoxy) is 1. The van der Waals surface area contributed by atoms with E-state index in [1.807, 2.05) is 51.2 Å². The summed E-state index contributed by atoms with van der Waals surface area (Å²) in [6.07, 6.45) is 18.2. The molecule has 1 aliphatic carbocycles. The Bertz CT molecular complexity index is 1150. The highest BCUT2D eigenvalue weighted by atomic mass is 35.5. The molecule has 1 N–H and O–H groups in total.